The number of rotatable bonds is 4. The fourth-order valence-corrected chi connectivity index (χ4v) is 1.38. The third kappa shape index (κ3) is 4.03. The largest absolute Gasteiger partial charge is 0.393 e. The number of aliphatic hydroxyl groups excluding tert-OH is 1. The molecule has 88 valence electrons. The Labute approximate surface area is 96.5 Å². The van der Waals surface area contributed by atoms with Crippen LogP contribution in [0.1, 0.15) is 30.9 Å². The maximum absolute atomic E-state index is 11.5. The molecule has 1 unspecified atom stereocenters. The summed E-state index contributed by atoms with van der Waals surface area (Å²) >= 11 is 0. The lowest BCUT2D eigenvalue weighted by Gasteiger charge is -2.08. The molecule has 0 aliphatic heterocycles. The molecule has 0 bridgehead atoms. The molecule has 0 aliphatic rings. The lowest BCUT2D eigenvalue weighted by molar-refractivity contribution is -0.116. The first-order chi connectivity index (χ1) is 7.49. The highest BCUT2D eigenvalue weighted by Crippen LogP contribution is 2.14. The molecule has 2 N–H and O–H groups in total. The van der Waals surface area contributed by atoms with Crippen molar-refractivity contribution in [3.05, 3.63) is 29.3 Å². The summed E-state index contributed by atoms with van der Waals surface area (Å²) in [5.74, 6) is -0.0517. The first kappa shape index (κ1) is 12.7. The summed E-state index contributed by atoms with van der Waals surface area (Å²) in [6.07, 6.45) is 0.423. The molecular weight excluding hydrogens is 202 g/mol. The van der Waals surface area contributed by atoms with Gasteiger partial charge in [0.1, 0.15) is 0 Å². The van der Waals surface area contributed by atoms with E-state index in [1.807, 2.05) is 32.0 Å². The number of anilines is 1. The Morgan fingerprint density at radius 3 is 2.62 bits per heavy atom. The Bertz CT molecular complexity index is 372. The van der Waals surface area contributed by atoms with Gasteiger partial charge in [-0.1, -0.05) is 6.07 Å². The van der Waals surface area contributed by atoms with Gasteiger partial charge in [-0.25, -0.2) is 0 Å². The third-order valence-electron chi connectivity index (χ3n) is 2.58. The monoisotopic (exact) mass is 221 g/mol. The van der Waals surface area contributed by atoms with E-state index in [2.05, 4.69) is 5.32 Å². The number of hydrogen-bond donors (Lipinski definition) is 2. The van der Waals surface area contributed by atoms with E-state index in [4.69, 9.17) is 5.11 Å². The van der Waals surface area contributed by atoms with Crippen LogP contribution in [-0.4, -0.2) is 17.1 Å². The van der Waals surface area contributed by atoms with Crippen LogP contribution in [0.3, 0.4) is 0 Å². The second-order valence-electron chi connectivity index (χ2n) is 4.23. The van der Waals surface area contributed by atoms with Crippen molar-refractivity contribution < 1.29 is 9.90 Å². The summed E-state index contributed by atoms with van der Waals surface area (Å²) in [4.78, 5) is 11.5. The molecule has 0 fully saturated rings. The van der Waals surface area contributed by atoms with Gasteiger partial charge in [0, 0.05) is 12.1 Å². The number of benzene rings is 1. The number of carbonyl (C=O) groups is 1. The van der Waals surface area contributed by atoms with Crippen LogP contribution in [0.15, 0.2) is 18.2 Å². The van der Waals surface area contributed by atoms with Gasteiger partial charge >= 0.3 is 0 Å². The maximum Gasteiger partial charge on any atom is 0.224 e. The second kappa shape index (κ2) is 5.66. The van der Waals surface area contributed by atoms with E-state index in [1.165, 1.54) is 5.56 Å². The topological polar surface area (TPSA) is 49.3 Å². The van der Waals surface area contributed by atoms with Crippen LogP contribution >= 0.6 is 0 Å². The average molecular weight is 221 g/mol. The highest BCUT2D eigenvalue weighted by Gasteiger charge is 2.05. The minimum Gasteiger partial charge on any atom is -0.393 e. The molecule has 1 amide bonds. The molecule has 0 spiro atoms. The van der Waals surface area contributed by atoms with Gasteiger partial charge < -0.3 is 10.4 Å². The van der Waals surface area contributed by atoms with Gasteiger partial charge in [-0.2, -0.15) is 0 Å². The molecule has 3 nitrogen and oxygen atoms in total. The quantitative estimate of drug-likeness (QED) is 0.820. The van der Waals surface area contributed by atoms with E-state index in [-0.39, 0.29) is 5.91 Å². The molecule has 0 heterocycles. The Balaban J connectivity index is 2.53. The van der Waals surface area contributed by atoms with Crippen LogP contribution < -0.4 is 5.32 Å². The van der Waals surface area contributed by atoms with Crippen molar-refractivity contribution in [2.75, 3.05) is 5.32 Å². The Morgan fingerprint density at radius 1 is 1.38 bits per heavy atom. The Kier molecular flexibility index (Phi) is 4.50. The van der Waals surface area contributed by atoms with Crippen molar-refractivity contribution in [3.8, 4) is 0 Å². The van der Waals surface area contributed by atoms with Crippen molar-refractivity contribution in [3.63, 3.8) is 0 Å². The average Bonchev–Trinajstić information content (AvgIpc) is 2.21. The predicted octanol–water partition coefficient (Wildman–Crippen LogP) is 2.40. The second-order valence-corrected chi connectivity index (χ2v) is 4.23. The van der Waals surface area contributed by atoms with Crippen molar-refractivity contribution in [2.24, 2.45) is 0 Å². The van der Waals surface area contributed by atoms with Crippen molar-refractivity contribution in [2.45, 2.75) is 39.7 Å². The molecule has 1 aromatic rings. The predicted molar refractivity (Wildman–Crippen MR) is 65.5 cm³/mol. The lowest BCUT2D eigenvalue weighted by atomic mass is 10.1. The van der Waals surface area contributed by atoms with Crippen LogP contribution in [0.4, 0.5) is 5.69 Å². The van der Waals surface area contributed by atoms with E-state index in [0.717, 1.165) is 11.3 Å². The Morgan fingerprint density at radius 2 is 2.06 bits per heavy atom. The van der Waals surface area contributed by atoms with Crippen LogP contribution in [0, 0.1) is 13.8 Å². The van der Waals surface area contributed by atoms with Crippen LogP contribution in [0.2, 0.25) is 0 Å². The number of aliphatic hydroxyl groups is 1. The lowest BCUT2D eigenvalue weighted by Crippen LogP contribution is -2.14. The number of amides is 1. The van der Waals surface area contributed by atoms with Crippen LogP contribution in [-0.2, 0) is 4.79 Å². The maximum atomic E-state index is 11.5. The van der Waals surface area contributed by atoms with E-state index in [9.17, 15) is 4.79 Å². The molecule has 0 radical (unpaired) electrons. The summed E-state index contributed by atoms with van der Waals surface area (Å²) in [6, 6.07) is 5.83. The minimum absolute atomic E-state index is 0.0517. The zero-order valence-electron chi connectivity index (χ0n) is 10.1. The summed E-state index contributed by atoms with van der Waals surface area (Å²) in [5, 5.41) is 11.9. The Hall–Kier alpha value is -1.35. The number of nitrogens with one attached hydrogen (secondary N) is 1. The van der Waals surface area contributed by atoms with E-state index >= 15 is 0 Å². The van der Waals surface area contributed by atoms with Gasteiger partial charge in [0.2, 0.25) is 5.91 Å². The summed E-state index contributed by atoms with van der Waals surface area (Å²) in [7, 11) is 0. The van der Waals surface area contributed by atoms with Gasteiger partial charge in [0.25, 0.3) is 0 Å². The zero-order valence-corrected chi connectivity index (χ0v) is 10.1. The molecule has 0 aromatic heterocycles. The molecule has 0 aliphatic carbocycles. The minimum atomic E-state index is -0.425. The van der Waals surface area contributed by atoms with Crippen molar-refractivity contribution >= 4 is 11.6 Å². The fraction of sp³-hybridized carbons (Fsp3) is 0.462. The van der Waals surface area contributed by atoms with E-state index in [0.29, 0.717) is 12.8 Å². The highest BCUT2D eigenvalue weighted by molar-refractivity contribution is 5.90. The van der Waals surface area contributed by atoms with Crippen LogP contribution in [0.25, 0.3) is 0 Å². The van der Waals surface area contributed by atoms with Gasteiger partial charge in [-0.3, -0.25) is 4.79 Å². The van der Waals surface area contributed by atoms with Gasteiger partial charge in [0.15, 0.2) is 0 Å². The molecule has 1 atom stereocenters. The first-order valence-corrected chi connectivity index (χ1v) is 5.54. The molecule has 0 saturated heterocycles. The number of hydrogen-bond acceptors (Lipinski definition) is 2. The van der Waals surface area contributed by atoms with Gasteiger partial charge in [-0.15, -0.1) is 0 Å². The normalized spacial score (nSPS) is 12.2. The fourth-order valence-electron chi connectivity index (χ4n) is 1.38. The highest BCUT2D eigenvalue weighted by atomic mass is 16.3. The van der Waals surface area contributed by atoms with Gasteiger partial charge in [0.05, 0.1) is 6.10 Å². The van der Waals surface area contributed by atoms with Crippen molar-refractivity contribution in [1.29, 1.82) is 0 Å². The van der Waals surface area contributed by atoms with E-state index < -0.39 is 6.10 Å². The third-order valence-corrected chi connectivity index (χ3v) is 2.58. The molecular formula is C13H19NO2. The first-order valence-electron chi connectivity index (χ1n) is 5.54. The zero-order chi connectivity index (χ0) is 12.1. The van der Waals surface area contributed by atoms with Crippen molar-refractivity contribution in [1.82, 2.24) is 0 Å². The smallest absolute Gasteiger partial charge is 0.224 e. The number of aryl methyl sites for hydroxylation is 2. The summed E-state index contributed by atoms with van der Waals surface area (Å²) in [5.41, 5.74) is 3.19. The standard InChI is InChI=1S/C13H19NO2/c1-9-4-6-12(8-10(9)2)14-13(16)7-5-11(3)15/h4,6,8,11,15H,5,7H2,1-3H3,(H,14,16). The molecule has 16 heavy (non-hydrogen) atoms. The molecule has 3 heteroatoms. The number of carbonyl (C=O) groups excluding carboxylic acids is 1. The SMILES string of the molecule is Cc1ccc(NC(=O)CCC(C)O)cc1C. The van der Waals surface area contributed by atoms with E-state index in [1.54, 1.807) is 6.92 Å². The summed E-state index contributed by atoms with van der Waals surface area (Å²) in [6.45, 7) is 5.73. The summed E-state index contributed by atoms with van der Waals surface area (Å²) < 4.78 is 0. The molecule has 0 saturated carbocycles. The van der Waals surface area contributed by atoms with Crippen LogP contribution in [0.5, 0.6) is 0 Å². The molecule has 1 rings (SSSR count). The van der Waals surface area contributed by atoms with Gasteiger partial charge in [-0.05, 0) is 50.5 Å². The molecule has 1 aromatic carbocycles.